The number of nitriles is 1. The lowest BCUT2D eigenvalue weighted by Gasteiger charge is -2.16. The lowest BCUT2D eigenvalue weighted by Crippen LogP contribution is -2.31. The summed E-state index contributed by atoms with van der Waals surface area (Å²) in [7, 11) is 0. The first-order chi connectivity index (χ1) is 7.20. The Labute approximate surface area is 92.9 Å². The molecule has 0 spiro atoms. The average molecular weight is 218 g/mol. The van der Waals surface area contributed by atoms with Crippen LogP contribution in [0.1, 0.15) is 15.9 Å². The quantitative estimate of drug-likeness (QED) is 0.572. The second-order valence-electron chi connectivity index (χ2n) is 2.99. The molecule has 1 heterocycles. The van der Waals surface area contributed by atoms with Crippen LogP contribution in [0, 0.1) is 30.6 Å². The molecule has 1 aromatic rings. The predicted molar refractivity (Wildman–Crippen MR) is 59.4 cm³/mol. The molecule has 1 amide bonds. The number of hydrogen-bond acceptors (Lipinski definition) is 3. The molecule has 4 heteroatoms. The zero-order valence-electron chi connectivity index (χ0n) is 8.36. The fraction of sp³-hybridized carbons (Fsp3) is 0.273. The topological polar surface area (TPSA) is 44.1 Å². The largest absolute Gasteiger partial charge is 0.314 e. The van der Waals surface area contributed by atoms with Gasteiger partial charge in [0.1, 0.15) is 6.54 Å². The Kier molecular flexibility index (Phi) is 3.91. The van der Waals surface area contributed by atoms with Crippen LogP contribution in [0.4, 0.5) is 0 Å². The minimum atomic E-state index is -0.173. The summed E-state index contributed by atoms with van der Waals surface area (Å²) < 4.78 is 0. The molecule has 0 fully saturated rings. The van der Waals surface area contributed by atoms with E-state index in [0.717, 1.165) is 5.56 Å². The molecule has 0 saturated heterocycles. The molecule has 1 aromatic heterocycles. The lowest BCUT2D eigenvalue weighted by atomic mass is 10.2. The first kappa shape index (κ1) is 11.3. The minimum Gasteiger partial charge on any atom is -0.314 e. The maximum absolute atomic E-state index is 11.9. The highest BCUT2D eigenvalue weighted by Gasteiger charge is 2.16. The molecule has 0 aliphatic carbocycles. The van der Waals surface area contributed by atoms with Gasteiger partial charge in [-0.15, -0.1) is 6.42 Å². The van der Waals surface area contributed by atoms with Gasteiger partial charge in [0.2, 0.25) is 0 Å². The lowest BCUT2D eigenvalue weighted by molar-refractivity contribution is 0.0795. The van der Waals surface area contributed by atoms with Crippen LogP contribution in [-0.4, -0.2) is 23.9 Å². The van der Waals surface area contributed by atoms with Gasteiger partial charge in [0.15, 0.2) is 0 Å². The summed E-state index contributed by atoms with van der Waals surface area (Å²) in [6, 6.07) is 1.93. The maximum Gasteiger partial charge on any atom is 0.256 e. The van der Waals surface area contributed by atoms with Crippen molar-refractivity contribution in [2.45, 2.75) is 6.92 Å². The molecule has 0 aromatic carbocycles. The number of amides is 1. The van der Waals surface area contributed by atoms with Gasteiger partial charge >= 0.3 is 0 Å². The van der Waals surface area contributed by atoms with Crippen LogP contribution >= 0.6 is 11.3 Å². The first-order valence-corrected chi connectivity index (χ1v) is 5.27. The third-order valence-corrected chi connectivity index (χ3v) is 2.78. The molecule has 0 saturated carbocycles. The Morgan fingerprint density at radius 2 is 2.33 bits per heavy atom. The summed E-state index contributed by atoms with van der Waals surface area (Å²) in [4.78, 5) is 13.2. The van der Waals surface area contributed by atoms with E-state index in [0.29, 0.717) is 5.56 Å². The van der Waals surface area contributed by atoms with E-state index >= 15 is 0 Å². The van der Waals surface area contributed by atoms with Crippen molar-refractivity contribution in [1.29, 1.82) is 5.26 Å². The summed E-state index contributed by atoms with van der Waals surface area (Å²) in [5.41, 5.74) is 1.55. The normalized spacial score (nSPS) is 9.00. The van der Waals surface area contributed by atoms with E-state index in [4.69, 9.17) is 11.7 Å². The molecule has 0 radical (unpaired) electrons. The van der Waals surface area contributed by atoms with Crippen LogP contribution in [0.25, 0.3) is 0 Å². The van der Waals surface area contributed by atoms with Crippen molar-refractivity contribution in [2.75, 3.05) is 13.1 Å². The van der Waals surface area contributed by atoms with Crippen LogP contribution in [0.2, 0.25) is 0 Å². The van der Waals surface area contributed by atoms with E-state index in [-0.39, 0.29) is 19.0 Å². The number of hydrogen-bond donors (Lipinski definition) is 0. The zero-order valence-corrected chi connectivity index (χ0v) is 9.17. The van der Waals surface area contributed by atoms with E-state index < -0.39 is 0 Å². The molecule has 76 valence electrons. The summed E-state index contributed by atoms with van der Waals surface area (Å²) in [6.07, 6.45) is 5.14. The van der Waals surface area contributed by atoms with Crippen molar-refractivity contribution < 1.29 is 4.79 Å². The number of aryl methyl sites for hydroxylation is 1. The molecule has 0 bridgehead atoms. The van der Waals surface area contributed by atoms with E-state index in [1.165, 1.54) is 16.2 Å². The molecular formula is C11H10N2OS. The summed E-state index contributed by atoms with van der Waals surface area (Å²) in [5.74, 6) is 2.20. The van der Waals surface area contributed by atoms with Crippen LogP contribution in [0.15, 0.2) is 10.8 Å². The highest BCUT2D eigenvalue weighted by atomic mass is 32.1. The zero-order chi connectivity index (χ0) is 11.3. The summed E-state index contributed by atoms with van der Waals surface area (Å²) in [6.45, 7) is 2.06. The second kappa shape index (κ2) is 5.19. The molecule has 3 nitrogen and oxygen atoms in total. The van der Waals surface area contributed by atoms with Gasteiger partial charge in [0.25, 0.3) is 5.91 Å². The standard InChI is InChI=1S/C11H10N2OS/c1-3-5-13(6-4-12)11(14)10-8-15-7-9(10)2/h1,7-8H,5-6H2,2H3. The minimum absolute atomic E-state index is 0.0261. The smallest absolute Gasteiger partial charge is 0.256 e. The molecule has 15 heavy (non-hydrogen) atoms. The van der Waals surface area contributed by atoms with Crippen LogP contribution in [0.5, 0.6) is 0 Å². The van der Waals surface area contributed by atoms with E-state index in [2.05, 4.69) is 5.92 Å². The van der Waals surface area contributed by atoms with Gasteiger partial charge in [-0.25, -0.2) is 0 Å². The number of rotatable bonds is 3. The molecule has 0 atom stereocenters. The SMILES string of the molecule is C#CCN(CC#N)C(=O)c1cscc1C. The Balaban J connectivity index is 2.87. The van der Waals surface area contributed by atoms with Gasteiger partial charge in [-0.2, -0.15) is 16.6 Å². The van der Waals surface area contributed by atoms with Crippen molar-refractivity contribution in [3.63, 3.8) is 0 Å². The van der Waals surface area contributed by atoms with Crippen molar-refractivity contribution in [1.82, 2.24) is 4.90 Å². The molecule has 0 N–H and O–H groups in total. The molecular weight excluding hydrogens is 208 g/mol. The van der Waals surface area contributed by atoms with E-state index in [1.807, 2.05) is 18.4 Å². The number of thiophene rings is 1. The Hall–Kier alpha value is -1.78. The molecule has 0 aliphatic rings. The summed E-state index contributed by atoms with van der Waals surface area (Å²) in [5, 5.41) is 12.2. The van der Waals surface area contributed by atoms with Crippen molar-refractivity contribution in [3.05, 3.63) is 21.9 Å². The highest BCUT2D eigenvalue weighted by molar-refractivity contribution is 7.08. The summed E-state index contributed by atoms with van der Waals surface area (Å²) >= 11 is 1.47. The van der Waals surface area contributed by atoms with E-state index in [9.17, 15) is 4.79 Å². The van der Waals surface area contributed by atoms with Crippen LogP contribution in [-0.2, 0) is 0 Å². The monoisotopic (exact) mass is 218 g/mol. The predicted octanol–water partition coefficient (Wildman–Crippen LogP) is 1.66. The third-order valence-electron chi connectivity index (χ3n) is 1.92. The van der Waals surface area contributed by atoms with Gasteiger partial charge in [-0.3, -0.25) is 4.79 Å². The van der Waals surface area contributed by atoms with E-state index in [1.54, 1.807) is 5.38 Å². The van der Waals surface area contributed by atoms with Gasteiger partial charge in [-0.1, -0.05) is 5.92 Å². The third kappa shape index (κ3) is 2.59. The average Bonchev–Trinajstić information content (AvgIpc) is 2.63. The number of carbonyl (C=O) groups excluding carboxylic acids is 1. The highest BCUT2D eigenvalue weighted by Crippen LogP contribution is 2.15. The van der Waals surface area contributed by atoms with Crippen molar-refractivity contribution in [3.8, 4) is 18.4 Å². The fourth-order valence-electron chi connectivity index (χ4n) is 1.15. The van der Waals surface area contributed by atoms with Gasteiger partial charge in [0, 0.05) is 5.38 Å². The maximum atomic E-state index is 11.9. The first-order valence-electron chi connectivity index (χ1n) is 4.33. The van der Waals surface area contributed by atoms with Gasteiger partial charge in [0.05, 0.1) is 18.2 Å². The van der Waals surface area contributed by atoms with Crippen molar-refractivity contribution >= 4 is 17.2 Å². The Bertz CT molecular complexity index is 420. The fourth-order valence-corrected chi connectivity index (χ4v) is 1.97. The molecule has 0 aliphatic heterocycles. The second-order valence-corrected chi connectivity index (χ2v) is 3.74. The van der Waals surface area contributed by atoms with Gasteiger partial charge < -0.3 is 4.90 Å². The number of carbonyl (C=O) groups is 1. The van der Waals surface area contributed by atoms with Crippen LogP contribution < -0.4 is 0 Å². The van der Waals surface area contributed by atoms with Gasteiger partial charge in [-0.05, 0) is 17.9 Å². The molecule has 0 unspecified atom stereocenters. The Morgan fingerprint density at radius 3 is 2.80 bits per heavy atom. The number of terminal acetylenes is 1. The Morgan fingerprint density at radius 1 is 1.60 bits per heavy atom. The molecule has 1 rings (SSSR count). The number of nitrogens with zero attached hydrogens (tertiary/aromatic N) is 2. The van der Waals surface area contributed by atoms with Crippen LogP contribution in [0.3, 0.4) is 0 Å². The van der Waals surface area contributed by atoms with Crippen molar-refractivity contribution in [2.24, 2.45) is 0 Å².